The molecule has 6 nitrogen and oxygen atoms in total. The first-order valence-corrected chi connectivity index (χ1v) is 11.2. The molecule has 2 aliphatic rings. The summed E-state index contributed by atoms with van der Waals surface area (Å²) in [6, 6.07) is 21.5. The van der Waals surface area contributed by atoms with Crippen LogP contribution in [-0.2, 0) is 22.6 Å². The van der Waals surface area contributed by atoms with Crippen LogP contribution in [0, 0.1) is 0 Å². The number of para-hydroxylation sites is 1. The number of nitrogens with zero attached hydrogens (tertiary/aromatic N) is 1. The summed E-state index contributed by atoms with van der Waals surface area (Å²) in [4.78, 5) is 38.1. The molecule has 0 spiro atoms. The Kier molecular flexibility index (Phi) is 4.66. The fourth-order valence-electron chi connectivity index (χ4n) is 4.87. The lowest BCUT2D eigenvalue weighted by molar-refractivity contribution is -0.122. The van der Waals surface area contributed by atoms with Crippen LogP contribution in [0.5, 0.6) is 5.75 Å². The Hall–Kier alpha value is -4.45. The number of esters is 1. The van der Waals surface area contributed by atoms with Gasteiger partial charge in [0.1, 0.15) is 5.75 Å². The fraction of sp³-hybridized carbons (Fsp3) is 0.107. The predicted molar refractivity (Wildman–Crippen MR) is 128 cm³/mol. The van der Waals surface area contributed by atoms with Crippen LogP contribution in [0.1, 0.15) is 33.5 Å². The number of ether oxygens (including phenoxy) is 1. The van der Waals surface area contributed by atoms with Crippen molar-refractivity contribution in [3.05, 3.63) is 101 Å². The molecule has 6 heteroatoms. The standard InChI is InChI=1S/C28H20N2O4/c31-26-23(17-11-13-20(14-12-17)34-28(33)19-6-2-1-3-7-19)24(27(32)29-26)22-16-30-15-5-9-18-8-4-10-21(22)25(18)30/h1-4,6-8,10-14,16H,5,9,15H2,(H,29,31,32). The summed E-state index contributed by atoms with van der Waals surface area (Å²) in [7, 11) is 0. The lowest BCUT2D eigenvalue weighted by Crippen LogP contribution is -2.22. The minimum atomic E-state index is -0.462. The zero-order chi connectivity index (χ0) is 23.2. The second kappa shape index (κ2) is 7.85. The molecule has 3 aromatic carbocycles. The largest absolute Gasteiger partial charge is 0.423 e. The lowest BCUT2D eigenvalue weighted by Gasteiger charge is -2.14. The van der Waals surface area contributed by atoms with E-state index in [4.69, 9.17) is 4.74 Å². The van der Waals surface area contributed by atoms with Crippen LogP contribution in [0.25, 0.3) is 22.0 Å². The molecule has 34 heavy (non-hydrogen) atoms. The number of amides is 2. The topological polar surface area (TPSA) is 77.4 Å². The number of hydrogen-bond donors (Lipinski definition) is 1. The average molecular weight is 448 g/mol. The molecule has 0 atom stereocenters. The Labute approximate surface area is 195 Å². The van der Waals surface area contributed by atoms with Crippen molar-refractivity contribution in [3.63, 3.8) is 0 Å². The van der Waals surface area contributed by atoms with Gasteiger partial charge < -0.3 is 9.30 Å². The van der Waals surface area contributed by atoms with Crippen LogP contribution in [0.2, 0.25) is 0 Å². The third kappa shape index (κ3) is 3.23. The Morgan fingerprint density at radius 1 is 0.853 bits per heavy atom. The highest BCUT2D eigenvalue weighted by Gasteiger charge is 2.34. The van der Waals surface area contributed by atoms with Gasteiger partial charge in [0, 0.05) is 23.7 Å². The Bertz CT molecular complexity index is 1510. The van der Waals surface area contributed by atoms with E-state index in [1.165, 1.54) is 5.56 Å². The maximum atomic E-state index is 12.9. The van der Waals surface area contributed by atoms with Gasteiger partial charge in [-0.05, 0) is 48.2 Å². The van der Waals surface area contributed by atoms with E-state index in [1.807, 2.05) is 24.4 Å². The molecule has 0 saturated carbocycles. The van der Waals surface area contributed by atoms with E-state index in [2.05, 4.69) is 16.0 Å². The molecular weight excluding hydrogens is 428 g/mol. The van der Waals surface area contributed by atoms with E-state index in [1.54, 1.807) is 48.5 Å². The molecule has 0 saturated heterocycles. The van der Waals surface area contributed by atoms with E-state index in [0.717, 1.165) is 35.9 Å². The molecule has 4 aromatic rings. The summed E-state index contributed by atoms with van der Waals surface area (Å²) in [5, 5.41) is 3.43. The van der Waals surface area contributed by atoms with Crippen molar-refractivity contribution in [1.82, 2.24) is 9.88 Å². The summed E-state index contributed by atoms with van der Waals surface area (Å²) in [5.41, 5.74) is 4.89. The van der Waals surface area contributed by atoms with E-state index in [0.29, 0.717) is 28.0 Å². The quantitative estimate of drug-likeness (QED) is 0.286. The van der Waals surface area contributed by atoms with Gasteiger partial charge in [0.2, 0.25) is 0 Å². The number of benzene rings is 3. The van der Waals surface area contributed by atoms with Gasteiger partial charge in [-0.25, -0.2) is 4.79 Å². The number of aryl methyl sites for hydroxylation is 2. The van der Waals surface area contributed by atoms with Gasteiger partial charge in [-0.1, -0.05) is 48.5 Å². The maximum absolute atomic E-state index is 12.9. The highest BCUT2D eigenvalue weighted by Crippen LogP contribution is 2.38. The van der Waals surface area contributed by atoms with Crippen molar-refractivity contribution >= 4 is 39.8 Å². The van der Waals surface area contributed by atoms with E-state index in [-0.39, 0.29) is 0 Å². The number of imide groups is 1. The monoisotopic (exact) mass is 448 g/mol. The van der Waals surface area contributed by atoms with Crippen molar-refractivity contribution in [2.24, 2.45) is 0 Å². The number of nitrogens with one attached hydrogen (secondary N) is 1. The van der Waals surface area contributed by atoms with Gasteiger partial charge in [0.15, 0.2) is 0 Å². The molecule has 1 N–H and O–H groups in total. The summed E-state index contributed by atoms with van der Waals surface area (Å²) < 4.78 is 7.62. The lowest BCUT2D eigenvalue weighted by atomic mass is 9.95. The smallest absolute Gasteiger partial charge is 0.343 e. The van der Waals surface area contributed by atoms with Crippen LogP contribution in [0.4, 0.5) is 0 Å². The van der Waals surface area contributed by atoms with Gasteiger partial charge >= 0.3 is 5.97 Å². The van der Waals surface area contributed by atoms with Crippen LogP contribution in [0.15, 0.2) is 79.0 Å². The third-order valence-corrected chi connectivity index (χ3v) is 6.39. The van der Waals surface area contributed by atoms with E-state index < -0.39 is 17.8 Å². The van der Waals surface area contributed by atoms with Crippen molar-refractivity contribution in [2.75, 3.05) is 0 Å². The SMILES string of the molecule is O=C1NC(=O)C(c2cn3c4c(cccc24)CCC3)=C1c1ccc(OC(=O)c2ccccc2)cc1. The van der Waals surface area contributed by atoms with Crippen LogP contribution in [0.3, 0.4) is 0 Å². The van der Waals surface area contributed by atoms with Crippen molar-refractivity contribution in [2.45, 2.75) is 19.4 Å². The Morgan fingerprint density at radius 2 is 1.62 bits per heavy atom. The van der Waals surface area contributed by atoms with Gasteiger partial charge in [0.05, 0.1) is 22.2 Å². The molecule has 6 rings (SSSR count). The second-order valence-electron chi connectivity index (χ2n) is 8.47. The number of hydrogen-bond acceptors (Lipinski definition) is 4. The first-order chi connectivity index (χ1) is 16.6. The molecule has 2 amide bonds. The molecule has 3 heterocycles. The molecule has 0 radical (unpaired) electrons. The van der Waals surface area contributed by atoms with Gasteiger partial charge in [0.25, 0.3) is 11.8 Å². The number of rotatable bonds is 4. The zero-order valence-corrected chi connectivity index (χ0v) is 18.2. The Morgan fingerprint density at radius 3 is 2.41 bits per heavy atom. The number of carbonyl (C=O) groups is 3. The van der Waals surface area contributed by atoms with Crippen LogP contribution < -0.4 is 10.1 Å². The van der Waals surface area contributed by atoms with E-state index in [9.17, 15) is 14.4 Å². The molecule has 1 aromatic heterocycles. The summed E-state index contributed by atoms with van der Waals surface area (Å²) in [6.07, 6.45) is 4.03. The summed E-state index contributed by atoms with van der Waals surface area (Å²) >= 11 is 0. The second-order valence-corrected chi connectivity index (χ2v) is 8.47. The van der Waals surface area contributed by atoms with E-state index >= 15 is 0 Å². The predicted octanol–water partition coefficient (Wildman–Crippen LogP) is 4.37. The maximum Gasteiger partial charge on any atom is 0.343 e. The molecule has 2 aliphatic heterocycles. The highest BCUT2D eigenvalue weighted by atomic mass is 16.5. The first kappa shape index (κ1) is 20.2. The molecule has 0 fully saturated rings. The molecule has 0 bridgehead atoms. The van der Waals surface area contributed by atoms with Gasteiger partial charge in [-0.15, -0.1) is 0 Å². The molecule has 0 aliphatic carbocycles. The molecule has 166 valence electrons. The minimum Gasteiger partial charge on any atom is -0.423 e. The third-order valence-electron chi connectivity index (χ3n) is 6.39. The zero-order valence-electron chi connectivity index (χ0n) is 18.2. The first-order valence-electron chi connectivity index (χ1n) is 11.2. The van der Waals surface area contributed by atoms with Crippen molar-refractivity contribution in [1.29, 1.82) is 0 Å². The van der Waals surface area contributed by atoms with Gasteiger partial charge in [-0.3, -0.25) is 14.9 Å². The number of aromatic nitrogens is 1. The summed E-state index contributed by atoms with van der Waals surface area (Å²) in [6.45, 7) is 0.882. The molecule has 0 unspecified atom stereocenters. The highest BCUT2D eigenvalue weighted by molar-refractivity contribution is 6.50. The van der Waals surface area contributed by atoms with Crippen molar-refractivity contribution < 1.29 is 19.1 Å². The normalized spacial score (nSPS) is 15.1. The fourth-order valence-corrected chi connectivity index (χ4v) is 4.87. The Balaban J connectivity index is 1.40. The van der Waals surface area contributed by atoms with Crippen LogP contribution >= 0.6 is 0 Å². The van der Waals surface area contributed by atoms with Gasteiger partial charge in [-0.2, -0.15) is 0 Å². The number of carbonyl (C=O) groups excluding carboxylic acids is 3. The molecular formula is C28H20N2O4. The minimum absolute atomic E-state index is 0.328. The average Bonchev–Trinajstić information content (AvgIpc) is 3.37. The summed E-state index contributed by atoms with van der Waals surface area (Å²) in [5.74, 6) is -0.933. The van der Waals surface area contributed by atoms with Crippen LogP contribution in [-0.4, -0.2) is 22.4 Å². The van der Waals surface area contributed by atoms with Crippen molar-refractivity contribution in [3.8, 4) is 5.75 Å².